The van der Waals surface area contributed by atoms with Gasteiger partial charge in [0.05, 0.1) is 5.70 Å². The quantitative estimate of drug-likeness (QED) is 0.506. The molecule has 100 valence electrons. The molecule has 0 amide bonds. The van der Waals surface area contributed by atoms with E-state index in [1.165, 1.54) is 6.08 Å². The summed E-state index contributed by atoms with van der Waals surface area (Å²) in [4.78, 5) is 24.1. The van der Waals surface area contributed by atoms with Crippen LogP contribution in [0.1, 0.15) is 20.7 Å². The van der Waals surface area contributed by atoms with E-state index in [4.69, 9.17) is 5.73 Å². The van der Waals surface area contributed by atoms with Crippen LogP contribution in [0.4, 0.5) is 0 Å². The summed E-state index contributed by atoms with van der Waals surface area (Å²) < 4.78 is 0.804. The highest BCUT2D eigenvalue weighted by Gasteiger charge is 2.13. The fraction of sp³-hybridized carbons (Fsp3) is 0. The number of ketones is 2. The summed E-state index contributed by atoms with van der Waals surface area (Å²) in [7, 11) is 0. The van der Waals surface area contributed by atoms with Crippen LogP contribution < -0.4 is 5.73 Å². The van der Waals surface area contributed by atoms with Crippen LogP contribution in [-0.2, 0) is 0 Å². The number of hydrogen-bond donors (Lipinski definition) is 1. The van der Waals surface area contributed by atoms with Gasteiger partial charge in [0.25, 0.3) is 0 Å². The third-order valence-corrected chi connectivity index (χ3v) is 3.67. The van der Waals surface area contributed by atoms with Crippen LogP contribution in [0.15, 0.2) is 66.4 Å². The molecule has 0 unspecified atom stereocenters. The van der Waals surface area contributed by atoms with E-state index >= 15 is 0 Å². The second-order valence-electron chi connectivity index (χ2n) is 4.14. The van der Waals surface area contributed by atoms with Crippen LogP contribution in [0.5, 0.6) is 0 Å². The van der Waals surface area contributed by atoms with Crippen LogP contribution >= 0.6 is 22.6 Å². The van der Waals surface area contributed by atoms with Crippen molar-refractivity contribution >= 4 is 34.2 Å². The monoisotopic (exact) mass is 377 g/mol. The van der Waals surface area contributed by atoms with E-state index in [1.54, 1.807) is 36.4 Å². The maximum atomic E-state index is 12.2. The van der Waals surface area contributed by atoms with Crippen molar-refractivity contribution in [2.75, 3.05) is 0 Å². The predicted molar refractivity (Wildman–Crippen MR) is 86.5 cm³/mol. The Morgan fingerprint density at radius 3 is 2.20 bits per heavy atom. The number of allylic oxidation sites excluding steroid dienone is 2. The highest BCUT2D eigenvalue weighted by Crippen LogP contribution is 2.14. The Balaban J connectivity index is 2.25. The number of benzene rings is 2. The highest BCUT2D eigenvalue weighted by atomic mass is 127. The van der Waals surface area contributed by atoms with E-state index in [1.807, 2.05) is 18.2 Å². The molecule has 20 heavy (non-hydrogen) atoms. The molecule has 0 atom stereocenters. The summed E-state index contributed by atoms with van der Waals surface area (Å²) in [5.41, 5.74) is 6.70. The standard InChI is InChI=1S/C16H12INO2/c17-13-9-5-4-8-12(13)16(20)14(18)10-15(19)11-6-2-1-3-7-11/h1-10H,18H2. The summed E-state index contributed by atoms with van der Waals surface area (Å²) in [6.07, 6.45) is 1.18. The molecule has 0 heterocycles. The minimum atomic E-state index is -0.334. The van der Waals surface area contributed by atoms with Crippen LogP contribution in [0.3, 0.4) is 0 Å². The van der Waals surface area contributed by atoms with Gasteiger partial charge in [-0.3, -0.25) is 9.59 Å². The molecule has 0 saturated heterocycles. The van der Waals surface area contributed by atoms with Gasteiger partial charge >= 0.3 is 0 Å². The molecule has 0 aliphatic carbocycles. The largest absolute Gasteiger partial charge is 0.395 e. The minimum Gasteiger partial charge on any atom is -0.395 e. The zero-order valence-electron chi connectivity index (χ0n) is 10.5. The summed E-state index contributed by atoms with van der Waals surface area (Å²) in [6.45, 7) is 0. The summed E-state index contributed by atoms with van der Waals surface area (Å²) in [5, 5.41) is 0. The van der Waals surface area contributed by atoms with Gasteiger partial charge in [0.15, 0.2) is 5.78 Å². The molecule has 2 aromatic rings. The lowest BCUT2D eigenvalue weighted by molar-refractivity contribution is 0.101. The third kappa shape index (κ3) is 3.33. The van der Waals surface area contributed by atoms with Crippen LogP contribution in [-0.4, -0.2) is 11.6 Å². The van der Waals surface area contributed by atoms with Crippen LogP contribution in [0, 0.1) is 3.57 Å². The summed E-state index contributed by atoms with van der Waals surface area (Å²) >= 11 is 2.07. The van der Waals surface area contributed by atoms with Crippen molar-refractivity contribution in [1.82, 2.24) is 0 Å². The maximum Gasteiger partial charge on any atom is 0.209 e. The van der Waals surface area contributed by atoms with E-state index < -0.39 is 0 Å². The van der Waals surface area contributed by atoms with E-state index in [0.29, 0.717) is 11.1 Å². The lowest BCUT2D eigenvalue weighted by atomic mass is 10.1. The lowest BCUT2D eigenvalue weighted by Crippen LogP contribution is -2.15. The molecule has 2 rings (SSSR count). The molecule has 3 nitrogen and oxygen atoms in total. The Hall–Kier alpha value is -1.95. The van der Waals surface area contributed by atoms with Gasteiger partial charge in [-0.05, 0) is 34.7 Å². The van der Waals surface area contributed by atoms with Gasteiger partial charge in [-0.1, -0.05) is 42.5 Å². The SMILES string of the molecule is NC(=CC(=O)c1ccccc1)C(=O)c1ccccc1I. The molecule has 2 aromatic carbocycles. The maximum absolute atomic E-state index is 12.2. The Morgan fingerprint density at radius 1 is 0.950 bits per heavy atom. The fourth-order valence-electron chi connectivity index (χ4n) is 1.69. The van der Waals surface area contributed by atoms with Gasteiger partial charge < -0.3 is 5.73 Å². The summed E-state index contributed by atoms with van der Waals surface area (Å²) in [6, 6.07) is 15.8. The van der Waals surface area contributed by atoms with E-state index in [9.17, 15) is 9.59 Å². The van der Waals surface area contributed by atoms with Crippen molar-refractivity contribution in [3.63, 3.8) is 0 Å². The van der Waals surface area contributed by atoms with Crippen molar-refractivity contribution in [3.05, 3.63) is 81.1 Å². The Labute approximate surface area is 130 Å². The van der Waals surface area contributed by atoms with Gasteiger partial charge in [-0.15, -0.1) is 0 Å². The molecule has 0 radical (unpaired) electrons. The first-order valence-corrected chi connectivity index (χ1v) is 7.03. The van der Waals surface area contributed by atoms with E-state index in [2.05, 4.69) is 22.6 Å². The van der Waals surface area contributed by atoms with Crippen molar-refractivity contribution in [2.24, 2.45) is 5.73 Å². The van der Waals surface area contributed by atoms with Crippen molar-refractivity contribution in [2.45, 2.75) is 0 Å². The van der Waals surface area contributed by atoms with E-state index in [0.717, 1.165) is 3.57 Å². The number of halogens is 1. The Morgan fingerprint density at radius 2 is 1.55 bits per heavy atom. The highest BCUT2D eigenvalue weighted by molar-refractivity contribution is 14.1. The molecular weight excluding hydrogens is 365 g/mol. The number of nitrogens with two attached hydrogens (primary N) is 1. The summed E-state index contributed by atoms with van der Waals surface area (Å²) in [5.74, 6) is -0.610. The number of carbonyl (C=O) groups excluding carboxylic acids is 2. The molecular formula is C16H12INO2. The average molecular weight is 377 g/mol. The topological polar surface area (TPSA) is 60.2 Å². The second kappa shape index (κ2) is 6.47. The van der Waals surface area contributed by atoms with Crippen LogP contribution in [0.2, 0.25) is 0 Å². The molecule has 0 aromatic heterocycles. The number of carbonyl (C=O) groups is 2. The number of rotatable bonds is 4. The minimum absolute atomic E-state index is 0.0528. The lowest BCUT2D eigenvalue weighted by Gasteiger charge is -2.03. The normalized spacial score (nSPS) is 11.2. The first kappa shape index (κ1) is 14.5. The zero-order chi connectivity index (χ0) is 14.5. The average Bonchev–Trinajstić information content (AvgIpc) is 2.48. The van der Waals surface area contributed by atoms with Gasteiger partial charge in [0, 0.05) is 20.8 Å². The molecule has 0 saturated carbocycles. The van der Waals surface area contributed by atoms with Gasteiger partial charge in [-0.25, -0.2) is 0 Å². The number of Topliss-reactive ketones (excluding diaryl/α,β-unsaturated/α-hetero) is 1. The Bertz CT molecular complexity index is 678. The molecule has 0 bridgehead atoms. The molecule has 0 aliphatic rings. The fourth-order valence-corrected chi connectivity index (χ4v) is 2.33. The van der Waals surface area contributed by atoms with E-state index in [-0.39, 0.29) is 17.3 Å². The molecule has 4 heteroatoms. The van der Waals surface area contributed by atoms with Crippen molar-refractivity contribution in [3.8, 4) is 0 Å². The molecule has 0 aliphatic heterocycles. The molecule has 0 fully saturated rings. The molecule has 2 N–H and O–H groups in total. The second-order valence-corrected chi connectivity index (χ2v) is 5.30. The predicted octanol–water partition coefficient (Wildman–Crippen LogP) is 3.20. The Kier molecular flexibility index (Phi) is 4.68. The van der Waals surface area contributed by atoms with Gasteiger partial charge in [0.2, 0.25) is 5.78 Å². The molecule has 0 spiro atoms. The first-order chi connectivity index (χ1) is 9.59. The zero-order valence-corrected chi connectivity index (χ0v) is 12.7. The van der Waals surface area contributed by atoms with Crippen molar-refractivity contribution in [1.29, 1.82) is 0 Å². The van der Waals surface area contributed by atoms with Gasteiger partial charge in [0.1, 0.15) is 0 Å². The van der Waals surface area contributed by atoms with Crippen molar-refractivity contribution < 1.29 is 9.59 Å². The smallest absolute Gasteiger partial charge is 0.209 e. The third-order valence-electron chi connectivity index (χ3n) is 2.73. The first-order valence-electron chi connectivity index (χ1n) is 5.95. The van der Waals surface area contributed by atoms with Gasteiger partial charge in [-0.2, -0.15) is 0 Å². The number of hydrogen-bond acceptors (Lipinski definition) is 3. The van der Waals surface area contributed by atoms with Crippen LogP contribution in [0.25, 0.3) is 0 Å².